The Bertz CT molecular complexity index is 3930. The fourth-order valence-corrected chi connectivity index (χ4v) is 13.5. The molecule has 2 aliphatic rings. The third-order valence-corrected chi connectivity index (χ3v) is 20.4. The summed E-state index contributed by atoms with van der Waals surface area (Å²) < 4.78 is 111. The Hall–Kier alpha value is -7.19. The number of rotatable bonds is 74. The minimum atomic E-state index is -0.872. The molecule has 2 fully saturated rings. The number of esters is 1. The van der Waals surface area contributed by atoms with E-state index in [9.17, 15) is 14.4 Å². The number of nitrogens with zero attached hydrogens (tertiary/aromatic N) is 9. The summed E-state index contributed by atoms with van der Waals surface area (Å²) in [6.45, 7) is 42.7. The number of hydrogen-bond acceptors (Lipinski definition) is 33. The minimum Gasteiger partial charge on any atom is -0.481 e. The van der Waals surface area contributed by atoms with Crippen LogP contribution in [-0.4, -0.2) is 395 Å². The molecule has 0 bridgehead atoms. The molecule has 7 N–H and O–H groups in total. The highest BCUT2D eigenvalue weighted by atomic mass is 16.6. The molecule has 6 heterocycles. The van der Waals surface area contributed by atoms with Crippen LogP contribution in [0.5, 0.6) is 0 Å². The van der Waals surface area contributed by atoms with Crippen LogP contribution in [0.3, 0.4) is 0 Å². The summed E-state index contributed by atoms with van der Waals surface area (Å²) in [5, 5.41) is 10.6. The molecule has 129 heavy (non-hydrogen) atoms. The second-order valence-corrected chi connectivity index (χ2v) is 33.1. The summed E-state index contributed by atoms with van der Waals surface area (Å²) in [4.78, 5) is 72.3. The number of aromatic amines is 2. The van der Waals surface area contributed by atoms with Crippen LogP contribution in [-0.2, 0) is 117 Å². The third-order valence-electron chi connectivity index (χ3n) is 20.4. The Labute approximate surface area is 763 Å². The lowest BCUT2D eigenvalue weighted by Gasteiger charge is -2.36. The molecule has 0 radical (unpaired) electrons. The molecule has 1 amide bonds. The summed E-state index contributed by atoms with van der Waals surface area (Å²) in [5.74, 6) is 1.78. The number of aliphatic carboxylic acids is 1. The first kappa shape index (κ1) is 109. The van der Waals surface area contributed by atoms with Gasteiger partial charge in [-0.1, -0.05) is 26.7 Å². The number of anilines is 4. The fraction of sp³-hybridized carbons (Fsp3) is 0.750. The average molecular weight is 1830 g/mol. The van der Waals surface area contributed by atoms with Gasteiger partial charge < -0.3 is 136 Å². The lowest BCUT2D eigenvalue weighted by atomic mass is 10.1. The van der Waals surface area contributed by atoms with Gasteiger partial charge in [-0.05, 0) is 110 Å². The number of fused-ring (bicyclic) bond motifs is 6. The van der Waals surface area contributed by atoms with Crippen LogP contribution >= 0.6 is 0 Å². The summed E-state index contributed by atoms with van der Waals surface area (Å²) in [6.07, 6.45) is 9.17. The Balaban J connectivity index is 0.000000358. The number of benzene rings is 2. The third kappa shape index (κ3) is 47.8. The topological polar surface area (TPSA) is 407 Å². The van der Waals surface area contributed by atoms with Crippen LogP contribution < -0.4 is 21.3 Å². The van der Waals surface area contributed by atoms with Crippen molar-refractivity contribution in [3.63, 3.8) is 0 Å². The van der Waals surface area contributed by atoms with Crippen molar-refractivity contribution in [3.05, 3.63) is 48.0 Å². The first-order chi connectivity index (χ1) is 62.8. The normalized spacial score (nSPS) is 13.7. The number of unbranched alkanes of at least 4 members (excludes halogenated alkanes) is 4. The van der Waals surface area contributed by atoms with Gasteiger partial charge in [-0.15, -0.1) is 0 Å². The van der Waals surface area contributed by atoms with Gasteiger partial charge in [-0.2, -0.15) is 0 Å². The average Bonchev–Trinajstić information content (AvgIpc) is 1.64. The van der Waals surface area contributed by atoms with Gasteiger partial charge in [0.15, 0.2) is 0 Å². The zero-order valence-electron chi connectivity index (χ0n) is 78.7. The van der Waals surface area contributed by atoms with Crippen molar-refractivity contribution in [2.45, 2.75) is 137 Å². The quantitative estimate of drug-likeness (QED) is 0.0175. The molecule has 0 aliphatic carbocycles. The molecule has 0 atom stereocenters. The number of imidazole rings is 2. The number of pyridine rings is 2. The first-order valence-corrected chi connectivity index (χ1v) is 46.7. The van der Waals surface area contributed by atoms with Gasteiger partial charge in [0, 0.05) is 127 Å². The number of carbonyl (C=O) groups is 3. The molecule has 2 aliphatic heterocycles. The monoisotopic (exact) mass is 1830 g/mol. The number of carbonyl (C=O) groups excluding carboxylic acids is 2. The van der Waals surface area contributed by atoms with Gasteiger partial charge in [0.1, 0.15) is 56.6 Å². The van der Waals surface area contributed by atoms with Gasteiger partial charge >= 0.3 is 18.0 Å². The molecule has 37 nitrogen and oxygen atoms in total. The molecule has 2 saturated heterocycles. The van der Waals surface area contributed by atoms with Crippen molar-refractivity contribution in [2.24, 2.45) is 0 Å². The Morgan fingerprint density at radius 3 is 1.00 bits per heavy atom. The van der Waals surface area contributed by atoms with Gasteiger partial charge in [0.2, 0.25) is 0 Å². The van der Waals surface area contributed by atoms with Gasteiger partial charge in [0.05, 0.1) is 249 Å². The summed E-state index contributed by atoms with van der Waals surface area (Å²) in [7, 11) is 0. The molecule has 732 valence electrons. The van der Waals surface area contributed by atoms with E-state index in [1.165, 1.54) is 5.69 Å². The fourth-order valence-electron chi connectivity index (χ4n) is 13.5. The molecular formula is C92H155N13O24. The Kier molecular flexibility index (Phi) is 55.9. The number of amides is 1. The minimum absolute atomic E-state index is 0.000961. The Morgan fingerprint density at radius 1 is 0.372 bits per heavy atom. The van der Waals surface area contributed by atoms with E-state index in [-0.39, 0.29) is 25.4 Å². The molecule has 2 aromatic carbocycles. The number of H-pyrrole nitrogens is 2. The first-order valence-electron chi connectivity index (χ1n) is 46.7. The molecule has 37 heteroatoms. The lowest BCUT2D eigenvalue weighted by Crippen LogP contribution is -2.47. The summed E-state index contributed by atoms with van der Waals surface area (Å²) >= 11 is 0. The van der Waals surface area contributed by atoms with Crippen LogP contribution in [0.4, 0.5) is 27.8 Å². The summed E-state index contributed by atoms with van der Waals surface area (Å²) in [6, 6.07) is 12.8. The maximum Gasteiger partial charge on any atom is 0.410 e. The number of piperazine rings is 2. The highest BCUT2D eigenvalue weighted by Crippen LogP contribution is 2.33. The number of carboxylic acid groups (broad SMARTS) is 1. The number of ether oxygens (including phenoxy) is 20. The number of aryl methyl sites for hydroxylation is 2. The molecule has 6 aromatic rings. The lowest BCUT2D eigenvalue weighted by molar-refractivity contribution is -0.156. The maximum atomic E-state index is 13.0. The van der Waals surface area contributed by atoms with Crippen LogP contribution in [0.2, 0.25) is 0 Å². The number of aromatic nitrogens is 6. The molecule has 0 saturated carbocycles. The smallest absolute Gasteiger partial charge is 0.410 e. The number of nitrogens with one attached hydrogen (secondary N) is 2. The van der Waals surface area contributed by atoms with Gasteiger partial charge in [-0.25, -0.2) is 24.7 Å². The standard InChI is InChI=1S/C50H85N7O13.C42H70N6O11/c1-8-9-10-43-53-45-41-39-40(11-12-42(41)52-47(51)46(45)54-43)56-16-14-55(15-17-56)18-22-61-23-19-57(48(59)70-50(5,6)7)20-24-62-26-28-64-30-32-66-34-36-68-38-37-67-35-33-65-31-29-63-27-25-60-21-13-44(58)69-49(2,3)4;1-2-3-7-38-45-40-36-34-35(8-9-37(36)44-42(43)41(40)46-38)48-13-11-47(12-14-48)15-19-51-16-5-4-6-17-52-20-22-54-24-26-56-28-30-58-32-33-59-31-29-57-27-25-55-23-21-53-18-10-39(49)50/h11-12,39H,8-10,13-38H2,1-7H3,(H2,51,52)(H,53,54);8-9,34H,2-7,10-33H2,1H3,(H2,43,44)(H,45,46)(H,49,50). The van der Waals surface area contributed by atoms with E-state index in [0.717, 1.165) is 204 Å². The van der Waals surface area contributed by atoms with Crippen molar-refractivity contribution < 1.29 is 114 Å². The van der Waals surface area contributed by atoms with Crippen molar-refractivity contribution in [1.29, 1.82) is 0 Å². The van der Waals surface area contributed by atoms with Crippen LogP contribution in [0.15, 0.2) is 36.4 Å². The van der Waals surface area contributed by atoms with E-state index < -0.39 is 23.3 Å². The zero-order chi connectivity index (χ0) is 92.0. The second-order valence-electron chi connectivity index (χ2n) is 33.1. The van der Waals surface area contributed by atoms with Crippen molar-refractivity contribution in [1.82, 2.24) is 44.6 Å². The SMILES string of the molecule is CCCCc1nc2c([nH]1)c(N)nc1ccc(N3CCN(CCOCCCCCOCCOCCOCCOCCOCCOCCOCCOCCC(=O)O)CC3)cc12.CCCCc1nc2c([nH]1)c(N)nc1ccc(N3CCN(CCOCCN(CCOCCOCCOCCOCCOCCOCCOCCOCCC(=O)OC(C)(C)C)C(=O)OC(C)(C)C)CC3)cc12. The predicted octanol–water partition coefficient (Wildman–Crippen LogP) is 9.23. The molecule has 4 aromatic heterocycles. The summed E-state index contributed by atoms with van der Waals surface area (Å²) in [5.41, 5.74) is 19.0. The molecule has 0 spiro atoms. The van der Waals surface area contributed by atoms with E-state index in [1.54, 1.807) is 4.90 Å². The van der Waals surface area contributed by atoms with E-state index in [2.05, 4.69) is 83.7 Å². The molecular weight excluding hydrogens is 1670 g/mol. The maximum absolute atomic E-state index is 13.0. The second kappa shape index (κ2) is 66.2. The van der Waals surface area contributed by atoms with E-state index in [0.29, 0.717) is 236 Å². The van der Waals surface area contributed by atoms with Crippen molar-refractivity contribution >= 4 is 84.9 Å². The van der Waals surface area contributed by atoms with E-state index >= 15 is 0 Å². The Morgan fingerprint density at radius 2 is 0.674 bits per heavy atom. The highest BCUT2D eigenvalue weighted by molar-refractivity contribution is 6.08. The van der Waals surface area contributed by atoms with Gasteiger partial charge in [0.25, 0.3) is 0 Å². The van der Waals surface area contributed by atoms with Gasteiger partial charge in [-0.3, -0.25) is 19.4 Å². The number of hydrogen-bond donors (Lipinski definition) is 5. The van der Waals surface area contributed by atoms with Crippen LogP contribution in [0.25, 0.3) is 43.9 Å². The van der Waals surface area contributed by atoms with Crippen LogP contribution in [0, 0.1) is 0 Å². The van der Waals surface area contributed by atoms with E-state index in [1.807, 2.05) is 47.6 Å². The number of nitrogens with two attached hydrogens (primary N) is 2. The molecule has 0 unspecified atom stereocenters. The zero-order valence-corrected chi connectivity index (χ0v) is 78.7. The van der Waals surface area contributed by atoms with Crippen molar-refractivity contribution in [3.8, 4) is 0 Å². The van der Waals surface area contributed by atoms with Crippen molar-refractivity contribution in [2.75, 3.05) is 338 Å². The van der Waals surface area contributed by atoms with Crippen LogP contribution in [0.1, 0.15) is 125 Å². The predicted molar refractivity (Wildman–Crippen MR) is 495 cm³/mol. The largest absolute Gasteiger partial charge is 0.481 e. The molecule has 8 rings (SSSR count). The number of carboxylic acids is 1. The number of nitrogen functional groups attached to an aromatic ring is 2. The highest BCUT2D eigenvalue weighted by Gasteiger charge is 2.25. The van der Waals surface area contributed by atoms with E-state index in [4.69, 9.17) is 121 Å².